The van der Waals surface area contributed by atoms with E-state index in [1.54, 1.807) is 0 Å². The first-order valence-electron chi connectivity index (χ1n) is 7.81. The van der Waals surface area contributed by atoms with Gasteiger partial charge in [0.15, 0.2) is 0 Å². The number of aromatic nitrogens is 1. The molecule has 0 amide bonds. The molecule has 1 saturated carbocycles. The number of anilines is 1. The molecule has 1 aromatic heterocycles. The normalized spacial score (nSPS) is 16.9. The highest BCUT2D eigenvalue weighted by atomic mass is 79.9. The van der Waals surface area contributed by atoms with E-state index in [0.717, 1.165) is 29.8 Å². The van der Waals surface area contributed by atoms with Crippen molar-refractivity contribution in [2.24, 2.45) is 5.73 Å². The largest absolute Gasteiger partial charge is 0.353 e. The number of hydrogen-bond acceptors (Lipinski definition) is 3. The number of nitrogens with zero attached hydrogens (tertiary/aromatic N) is 2. The van der Waals surface area contributed by atoms with Gasteiger partial charge in [0, 0.05) is 23.3 Å². The molecule has 0 aliphatic heterocycles. The second-order valence-electron chi connectivity index (χ2n) is 5.78. The minimum absolute atomic E-state index is 0.636. The molecule has 1 aromatic rings. The number of nitrogens with two attached hydrogens (primary N) is 1. The van der Waals surface area contributed by atoms with Gasteiger partial charge in [-0.2, -0.15) is 0 Å². The van der Waals surface area contributed by atoms with E-state index in [-0.39, 0.29) is 0 Å². The van der Waals surface area contributed by atoms with Gasteiger partial charge in [0.25, 0.3) is 0 Å². The molecular weight excluding hydrogens is 314 g/mol. The Morgan fingerprint density at radius 3 is 2.60 bits per heavy atom. The second-order valence-corrected chi connectivity index (χ2v) is 6.69. The van der Waals surface area contributed by atoms with Crippen LogP contribution in [0, 0.1) is 6.92 Å². The zero-order valence-electron chi connectivity index (χ0n) is 12.4. The number of hydrogen-bond donors (Lipinski definition) is 1. The molecule has 0 spiro atoms. The highest BCUT2D eigenvalue weighted by Crippen LogP contribution is 2.28. The summed E-state index contributed by atoms with van der Waals surface area (Å²) in [5.74, 6) is 1.15. The molecule has 0 radical (unpaired) electrons. The van der Waals surface area contributed by atoms with Gasteiger partial charge in [-0.25, -0.2) is 4.98 Å². The fourth-order valence-electron chi connectivity index (χ4n) is 3.13. The van der Waals surface area contributed by atoms with Gasteiger partial charge in [-0.1, -0.05) is 25.7 Å². The zero-order chi connectivity index (χ0) is 14.4. The average molecular weight is 340 g/mol. The molecule has 112 valence electrons. The van der Waals surface area contributed by atoms with Gasteiger partial charge >= 0.3 is 0 Å². The van der Waals surface area contributed by atoms with Crippen molar-refractivity contribution in [3.63, 3.8) is 0 Å². The van der Waals surface area contributed by atoms with Crippen molar-refractivity contribution in [3.05, 3.63) is 22.3 Å². The van der Waals surface area contributed by atoms with E-state index < -0.39 is 0 Å². The fraction of sp³-hybridized carbons (Fsp3) is 0.688. The van der Waals surface area contributed by atoms with Gasteiger partial charge in [-0.3, -0.25) is 0 Å². The van der Waals surface area contributed by atoms with Crippen LogP contribution in [0.2, 0.25) is 0 Å². The molecular formula is C16H26BrN3. The topological polar surface area (TPSA) is 42.2 Å². The van der Waals surface area contributed by atoms with Gasteiger partial charge in [-0.05, 0) is 60.3 Å². The first-order chi connectivity index (χ1) is 9.72. The van der Waals surface area contributed by atoms with Crippen LogP contribution in [0.15, 0.2) is 16.7 Å². The Hall–Kier alpha value is -0.610. The van der Waals surface area contributed by atoms with Crippen molar-refractivity contribution in [1.29, 1.82) is 0 Å². The maximum Gasteiger partial charge on any atom is 0.131 e. The monoisotopic (exact) mass is 339 g/mol. The SMILES string of the molecule is Cc1cc(Br)cnc1N(CCCN)C1CCCCCC1. The highest BCUT2D eigenvalue weighted by molar-refractivity contribution is 9.10. The average Bonchev–Trinajstić information content (AvgIpc) is 2.70. The van der Waals surface area contributed by atoms with Crippen molar-refractivity contribution < 1.29 is 0 Å². The van der Waals surface area contributed by atoms with E-state index in [4.69, 9.17) is 5.73 Å². The van der Waals surface area contributed by atoms with Crippen LogP contribution in [-0.2, 0) is 0 Å². The van der Waals surface area contributed by atoms with Crippen LogP contribution in [0.5, 0.6) is 0 Å². The summed E-state index contributed by atoms with van der Waals surface area (Å²) in [6, 6.07) is 2.80. The van der Waals surface area contributed by atoms with Crippen LogP contribution in [0.3, 0.4) is 0 Å². The zero-order valence-corrected chi connectivity index (χ0v) is 14.0. The first kappa shape index (κ1) is 15.8. The number of aryl methyl sites for hydroxylation is 1. The quantitative estimate of drug-likeness (QED) is 0.823. The van der Waals surface area contributed by atoms with Crippen LogP contribution >= 0.6 is 15.9 Å². The van der Waals surface area contributed by atoms with Crippen LogP contribution in [-0.4, -0.2) is 24.1 Å². The molecule has 0 bridgehead atoms. The van der Waals surface area contributed by atoms with Crippen molar-refractivity contribution in [2.75, 3.05) is 18.0 Å². The lowest BCUT2D eigenvalue weighted by molar-refractivity contribution is 0.514. The lowest BCUT2D eigenvalue weighted by Crippen LogP contribution is -2.37. The Labute approximate surface area is 131 Å². The van der Waals surface area contributed by atoms with E-state index in [9.17, 15) is 0 Å². The third-order valence-corrected chi connectivity index (χ3v) is 4.59. The molecule has 2 rings (SSSR count). The molecule has 3 nitrogen and oxygen atoms in total. The summed E-state index contributed by atoms with van der Waals surface area (Å²) in [6.07, 6.45) is 11.0. The number of pyridine rings is 1. The number of halogens is 1. The van der Waals surface area contributed by atoms with Gasteiger partial charge in [-0.15, -0.1) is 0 Å². The Bertz CT molecular complexity index is 414. The van der Waals surface area contributed by atoms with Crippen molar-refractivity contribution >= 4 is 21.7 Å². The summed E-state index contributed by atoms with van der Waals surface area (Å²) in [5, 5.41) is 0. The smallest absolute Gasteiger partial charge is 0.131 e. The van der Waals surface area contributed by atoms with Crippen LogP contribution in [0.1, 0.15) is 50.5 Å². The highest BCUT2D eigenvalue weighted by Gasteiger charge is 2.22. The van der Waals surface area contributed by atoms with E-state index in [2.05, 4.69) is 38.8 Å². The Kier molecular flexibility index (Phi) is 6.30. The molecule has 1 heterocycles. The summed E-state index contributed by atoms with van der Waals surface area (Å²) >= 11 is 3.51. The first-order valence-corrected chi connectivity index (χ1v) is 8.60. The van der Waals surface area contributed by atoms with Gasteiger partial charge in [0.05, 0.1) is 0 Å². The molecule has 1 fully saturated rings. The van der Waals surface area contributed by atoms with E-state index in [0.29, 0.717) is 6.04 Å². The summed E-state index contributed by atoms with van der Waals surface area (Å²) in [7, 11) is 0. The second kappa shape index (κ2) is 7.99. The predicted octanol–water partition coefficient (Wildman–Crippen LogP) is 4.03. The predicted molar refractivity (Wildman–Crippen MR) is 89.2 cm³/mol. The van der Waals surface area contributed by atoms with Crippen molar-refractivity contribution in [2.45, 2.75) is 57.9 Å². The van der Waals surface area contributed by atoms with Crippen molar-refractivity contribution in [1.82, 2.24) is 4.98 Å². The summed E-state index contributed by atoms with van der Waals surface area (Å²) in [4.78, 5) is 7.19. The molecule has 1 aliphatic rings. The van der Waals surface area contributed by atoms with E-state index in [1.807, 2.05) is 6.20 Å². The Balaban J connectivity index is 2.20. The molecule has 0 atom stereocenters. The minimum Gasteiger partial charge on any atom is -0.353 e. The van der Waals surface area contributed by atoms with Gasteiger partial charge in [0.2, 0.25) is 0 Å². The third-order valence-electron chi connectivity index (χ3n) is 4.16. The Morgan fingerprint density at radius 1 is 1.30 bits per heavy atom. The fourth-order valence-corrected chi connectivity index (χ4v) is 3.57. The van der Waals surface area contributed by atoms with Gasteiger partial charge < -0.3 is 10.6 Å². The molecule has 2 N–H and O–H groups in total. The molecule has 0 unspecified atom stereocenters. The summed E-state index contributed by atoms with van der Waals surface area (Å²) in [6.45, 7) is 3.93. The lowest BCUT2D eigenvalue weighted by Gasteiger charge is -2.33. The third kappa shape index (κ3) is 4.19. The summed E-state index contributed by atoms with van der Waals surface area (Å²) in [5.41, 5.74) is 6.97. The minimum atomic E-state index is 0.636. The Morgan fingerprint density at radius 2 is 2.00 bits per heavy atom. The molecule has 4 heteroatoms. The van der Waals surface area contributed by atoms with E-state index >= 15 is 0 Å². The number of rotatable bonds is 5. The molecule has 20 heavy (non-hydrogen) atoms. The maximum absolute atomic E-state index is 5.72. The lowest BCUT2D eigenvalue weighted by atomic mass is 10.1. The van der Waals surface area contributed by atoms with Crippen LogP contribution in [0.25, 0.3) is 0 Å². The van der Waals surface area contributed by atoms with Gasteiger partial charge in [0.1, 0.15) is 5.82 Å². The van der Waals surface area contributed by atoms with Crippen LogP contribution < -0.4 is 10.6 Å². The van der Waals surface area contributed by atoms with E-state index in [1.165, 1.54) is 44.1 Å². The van der Waals surface area contributed by atoms with Crippen LogP contribution in [0.4, 0.5) is 5.82 Å². The summed E-state index contributed by atoms with van der Waals surface area (Å²) < 4.78 is 1.05. The standard InChI is InChI=1S/C16H26BrN3/c1-13-11-14(17)12-19-16(13)20(10-6-9-18)15-7-4-2-3-5-8-15/h11-12,15H,2-10,18H2,1H3. The van der Waals surface area contributed by atoms with Crippen molar-refractivity contribution in [3.8, 4) is 0 Å². The maximum atomic E-state index is 5.72. The molecule has 1 aliphatic carbocycles. The molecule has 0 aromatic carbocycles. The molecule has 0 saturated heterocycles.